The summed E-state index contributed by atoms with van der Waals surface area (Å²) < 4.78 is 11.3. The fourth-order valence-corrected chi connectivity index (χ4v) is 3.05. The summed E-state index contributed by atoms with van der Waals surface area (Å²) in [7, 11) is 1.59. The Morgan fingerprint density at radius 1 is 1.07 bits per heavy atom. The van der Waals surface area contributed by atoms with Gasteiger partial charge in [0.1, 0.15) is 6.61 Å². The molecule has 6 heteroatoms. The lowest BCUT2D eigenvalue weighted by molar-refractivity contribution is 0.0697. The monoisotopic (exact) mass is 411 g/mol. The number of aryl methyl sites for hydroxylation is 1. The molecule has 0 amide bonds. The molecule has 0 aliphatic carbocycles. The zero-order valence-corrected chi connectivity index (χ0v) is 17.0. The van der Waals surface area contributed by atoms with E-state index in [4.69, 9.17) is 26.2 Å². The quantitative estimate of drug-likeness (QED) is 0.509. The molecule has 150 valence electrons. The van der Waals surface area contributed by atoms with Crippen LogP contribution in [0, 0.1) is 6.92 Å². The summed E-state index contributed by atoms with van der Waals surface area (Å²) in [4.78, 5) is 11.2. The molecule has 0 bridgehead atoms. The van der Waals surface area contributed by atoms with Gasteiger partial charge in [-0.25, -0.2) is 4.79 Å². The fourth-order valence-electron chi connectivity index (χ4n) is 2.85. The summed E-state index contributed by atoms with van der Waals surface area (Å²) in [6, 6.07) is 18.2. The molecule has 0 radical (unpaired) electrons. The number of methoxy groups -OCH3 is 1. The summed E-state index contributed by atoms with van der Waals surface area (Å²) in [6.45, 7) is 2.79. The minimum absolute atomic E-state index is 0.249. The van der Waals surface area contributed by atoms with Gasteiger partial charge in [-0.1, -0.05) is 41.9 Å². The lowest BCUT2D eigenvalue weighted by atomic mass is 10.1. The maximum atomic E-state index is 11.2. The third kappa shape index (κ3) is 5.21. The second-order valence-electron chi connectivity index (χ2n) is 6.55. The molecular formula is C23H22ClNO4. The van der Waals surface area contributed by atoms with Crippen molar-refractivity contribution in [2.24, 2.45) is 0 Å². The Kier molecular flexibility index (Phi) is 6.62. The van der Waals surface area contributed by atoms with Crippen LogP contribution in [-0.2, 0) is 13.2 Å². The SMILES string of the molecule is COc1cc(CNc2cc(C(=O)O)ccc2C)ccc1OCc1ccccc1Cl. The van der Waals surface area contributed by atoms with E-state index >= 15 is 0 Å². The van der Waals surface area contributed by atoms with E-state index in [1.165, 1.54) is 0 Å². The Bertz CT molecular complexity index is 1020. The third-order valence-corrected chi connectivity index (χ3v) is 4.91. The van der Waals surface area contributed by atoms with Crippen molar-refractivity contribution >= 4 is 23.3 Å². The van der Waals surface area contributed by atoms with Gasteiger partial charge in [-0.3, -0.25) is 0 Å². The first-order valence-electron chi connectivity index (χ1n) is 9.09. The first-order valence-corrected chi connectivity index (χ1v) is 9.46. The summed E-state index contributed by atoms with van der Waals surface area (Å²) in [5.41, 5.74) is 3.88. The van der Waals surface area contributed by atoms with Crippen LogP contribution >= 0.6 is 11.6 Å². The van der Waals surface area contributed by atoms with E-state index < -0.39 is 5.97 Å². The number of ether oxygens (including phenoxy) is 2. The van der Waals surface area contributed by atoms with Gasteiger partial charge in [0.05, 0.1) is 12.7 Å². The summed E-state index contributed by atoms with van der Waals surface area (Å²) in [6.07, 6.45) is 0. The van der Waals surface area contributed by atoms with Gasteiger partial charge in [0.2, 0.25) is 0 Å². The number of carboxylic acids is 1. The molecule has 0 aliphatic rings. The van der Waals surface area contributed by atoms with Crippen molar-refractivity contribution in [3.8, 4) is 11.5 Å². The lowest BCUT2D eigenvalue weighted by Crippen LogP contribution is -2.04. The van der Waals surface area contributed by atoms with Gasteiger partial charge in [0.15, 0.2) is 11.5 Å². The number of rotatable bonds is 8. The van der Waals surface area contributed by atoms with E-state index in [1.807, 2.05) is 49.4 Å². The number of nitrogens with one attached hydrogen (secondary N) is 1. The van der Waals surface area contributed by atoms with E-state index in [1.54, 1.807) is 25.3 Å². The van der Waals surface area contributed by atoms with Crippen LogP contribution in [0.2, 0.25) is 5.02 Å². The number of benzene rings is 3. The summed E-state index contributed by atoms with van der Waals surface area (Å²) in [5, 5.41) is 13.1. The molecule has 0 atom stereocenters. The highest BCUT2D eigenvalue weighted by atomic mass is 35.5. The van der Waals surface area contributed by atoms with Crippen molar-refractivity contribution in [3.63, 3.8) is 0 Å². The maximum absolute atomic E-state index is 11.2. The molecule has 5 nitrogen and oxygen atoms in total. The van der Waals surface area contributed by atoms with Gasteiger partial charge in [0.25, 0.3) is 0 Å². The minimum atomic E-state index is -0.949. The van der Waals surface area contributed by atoms with Gasteiger partial charge in [0, 0.05) is 22.8 Å². The van der Waals surface area contributed by atoms with Crippen molar-refractivity contribution < 1.29 is 19.4 Å². The molecule has 0 aromatic heterocycles. The number of halogens is 1. The largest absolute Gasteiger partial charge is 0.493 e. The smallest absolute Gasteiger partial charge is 0.335 e. The predicted molar refractivity (Wildman–Crippen MR) is 114 cm³/mol. The van der Waals surface area contributed by atoms with Crippen molar-refractivity contribution in [3.05, 3.63) is 87.9 Å². The van der Waals surface area contributed by atoms with Gasteiger partial charge in [-0.2, -0.15) is 0 Å². The van der Waals surface area contributed by atoms with E-state index in [2.05, 4.69) is 5.32 Å². The van der Waals surface area contributed by atoms with Crippen LogP contribution in [0.1, 0.15) is 27.0 Å². The van der Waals surface area contributed by atoms with Crippen LogP contribution in [0.4, 0.5) is 5.69 Å². The van der Waals surface area contributed by atoms with Gasteiger partial charge < -0.3 is 19.9 Å². The molecule has 3 aromatic carbocycles. The molecule has 3 aromatic rings. The van der Waals surface area contributed by atoms with Gasteiger partial charge in [-0.05, 0) is 48.4 Å². The Morgan fingerprint density at radius 2 is 1.86 bits per heavy atom. The molecule has 0 fully saturated rings. The molecule has 0 spiro atoms. The Balaban J connectivity index is 1.70. The molecular weight excluding hydrogens is 390 g/mol. The number of carboxylic acid groups (broad SMARTS) is 1. The lowest BCUT2D eigenvalue weighted by Gasteiger charge is -2.14. The van der Waals surface area contributed by atoms with E-state index in [0.29, 0.717) is 29.7 Å². The second kappa shape index (κ2) is 9.34. The first-order chi connectivity index (χ1) is 14.0. The van der Waals surface area contributed by atoms with Crippen LogP contribution in [0.15, 0.2) is 60.7 Å². The van der Waals surface area contributed by atoms with Crippen molar-refractivity contribution in [1.82, 2.24) is 0 Å². The third-order valence-electron chi connectivity index (χ3n) is 4.54. The van der Waals surface area contributed by atoms with Crippen LogP contribution in [0.3, 0.4) is 0 Å². The molecule has 0 saturated heterocycles. The number of carbonyl (C=O) groups is 1. The van der Waals surface area contributed by atoms with Crippen molar-refractivity contribution in [2.45, 2.75) is 20.1 Å². The Labute approximate surface area is 174 Å². The van der Waals surface area contributed by atoms with E-state index in [9.17, 15) is 4.79 Å². The zero-order valence-electron chi connectivity index (χ0n) is 16.2. The van der Waals surface area contributed by atoms with Crippen LogP contribution in [0.25, 0.3) is 0 Å². The van der Waals surface area contributed by atoms with Gasteiger partial charge in [-0.15, -0.1) is 0 Å². The molecule has 29 heavy (non-hydrogen) atoms. The van der Waals surface area contributed by atoms with Gasteiger partial charge >= 0.3 is 5.97 Å². The Hall–Kier alpha value is -3.18. The average molecular weight is 412 g/mol. The number of anilines is 1. The molecule has 2 N–H and O–H groups in total. The first kappa shape index (κ1) is 20.6. The average Bonchev–Trinajstić information content (AvgIpc) is 2.72. The van der Waals surface area contributed by atoms with Crippen LogP contribution in [0.5, 0.6) is 11.5 Å². The number of hydrogen-bond acceptors (Lipinski definition) is 4. The minimum Gasteiger partial charge on any atom is -0.493 e. The maximum Gasteiger partial charge on any atom is 0.335 e. The standard InChI is InChI=1S/C23H22ClNO4/c1-15-7-9-17(23(26)27)12-20(15)25-13-16-8-10-21(22(11-16)28-2)29-14-18-5-3-4-6-19(18)24/h3-12,25H,13-14H2,1-2H3,(H,26,27). The molecule has 0 saturated carbocycles. The van der Waals surface area contributed by atoms with Crippen molar-refractivity contribution in [1.29, 1.82) is 0 Å². The molecule has 3 rings (SSSR count). The number of hydrogen-bond donors (Lipinski definition) is 2. The fraction of sp³-hybridized carbons (Fsp3) is 0.174. The normalized spacial score (nSPS) is 10.4. The van der Waals surface area contributed by atoms with Crippen molar-refractivity contribution in [2.75, 3.05) is 12.4 Å². The molecule has 0 heterocycles. The highest BCUT2D eigenvalue weighted by molar-refractivity contribution is 6.31. The molecule has 0 unspecified atom stereocenters. The number of aromatic carboxylic acids is 1. The van der Waals surface area contributed by atoms with E-state index in [0.717, 1.165) is 22.4 Å². The summed E-state index contributed by atoms with van der Waals surface area (Å²) >= 11 is 6.18. The van der Waals surface area contributed by atoms with Crippen LogP contribution < -0.4 is 14.8 Å². The Morgan fingerprint density at radius 3 is 2.59 bits per heavy atom. The highest BCUT2D eigenvalue weighted by Crippen LogP contribution is 2.30. The highest BCUT2D eigenvalue weighted by Gasteiger charge is 2.09. The molecule has 0 aliphatic heterocycles. The van der Waals surface area contributed by atoms with Crippen LogP contribution in [-0.4, -0.2) is 18.2 Å². The predicted octanol–water partition coefficient (Wildman–Crippen LogP) is 5.55. The zero-order chi connectivity index (χ0) is 20.8. The topological polar surface area (TPSA) is 67.8 Å². The van der Waals surface area contributed by atoms with E-state index in [-0.39, 0.29) is 5.56 Å². The summed E-state index contributed by atoms with van der Waals surface area (Å²) in [5.74, 6) is 0.294. The second-order valence-corrected chi connectivity index (χ2v) is 6.96.